The van der Waals surface area contributed by atoms with Crippen LogP contribution in [0.4, 0.5) is 0 Å². The summed E-state index contributed by atoms with van der Waals surface area (Å²) in [5, 5.41) is 7.29. The first-order chi connectivity index (χ1) is 12.2. The summed E-state index contributed by atoms with van der Waals surface area (Å²) < 4.78 is 6.13. The van der Waals surface area contributed by atoms with E-state index in [9.17, 15) is 4.79 Å². The van der Waals surface area contributed by atoms with E-state index in [2.05, 4.69) is 10.2 Å². The minimum absolute atomic E-state index is 0. The SMILES string of the molecule is Cl.Cl.N[C@H](Cc1ccccc1)C(=O)N1CCC2(CC1)OCCc1cn[nH]c12. The Bertz CT molecular complexity index is 745. The quantitative estimate of drug-likeness (QED) is 0.808. The summed E-state index contributed by atoms with van der Waals surface area (Å²) in [7, 11) is 0. The van der Waals surface area contributed by atoms with E-state index < -0.39 is 6.04 Å². The van der Waals surface area contributed by atoms with Crippen LogP contribution in [-0.4, -0.2) is 46.7 Å². The van der Waals surface area contributed by atoms with E-state index in [1.165, 1.54) is 5.56 Å². The molecule has 2 aliphatic rings. The van der Waals surface area contributed by atoms with Gasteiger partial charge in [-0.25, -0.2) is 0 Å². The molecular formula is C19H26Cl2N4O2. The van der Waals surface area contributed by atoms with Crippen molar-refractivity contribution in [2.45, 2.75) is 37.3 Å². The second-order valence-electron chi connectivity index (χ2n) is 6.98. The van der Waals surface area contributed by atoms with Crippen molar-refractivity contribution in [3.63, 3.8) is 0 Å². The van der Waals surface area contributed by atoms with Gasteiger partial charge in [-0.2, -0.15) is 5.10 Å². The first kappa shape index (κ1) is 21.7. The largest absolute Gasteiger partial charge is 0.368 e. The van der Waals surface area contributed by atoms with E-state index in [1.807, 2.05) is 41.4 Å². The molecule has 0 radical (unpaired) electrons. The number of nitrogens with two attached hydrogens (primary N) is 1. The van der Waals surface area contributed by atoms with Crippen molar-refractivity contribution in [2.75, 3.05) is 19.7 Å². The smallest absolute Gasteiger partial charge is 0.239 e. The molecule has 1 amide bonds. The summed E-state index contributed by atoms with van der Waals surface area (Å²) in [4.78, 5) is 14.6. The van der Waals surface area contributed by atoms with Crippen LogP contribution in [0.3, 0.4) is 0 Å². The van der Waals surface area contributed by atoms with E-state index in [0.29, 0.717) is 26.1 Å². The fourth-order valence-electron chi connectivity index (χ4n) is 4.00. The summed E-state index contributed by atoms with van der Waals surface area (Å²) in [6.45, 7) is 2.05. The standard InChI is InChI=1S/C19H24N4O2.2ClH/c20-16(12-14-4-2-1-3-5-14)18(24)23-9-7-19(8-10-23)17-15(6-11-25-19)13-21-22-17;;/h1-5,13,16H,6-12,20H2,(H,21,22);2*1H/t16-;;/m1../s1. The lowest BCUT2D eigenvalue weighted by molar-refractivity contribution is -0.142. The fourth-order valence-corrected chi connectivity index (χ4v) is 4.00. The third-order valence-electron chi connectivity index (χ3n) is 5.42. The summed E-state index contributed by atoms with van der Waals surface area (Å²) >= 11 is 0. The number of rotatable bonds is 3. The number of ether oxygens (including phenoxy) is 1. The second-order valence-corrected chi connectivity index (χ2v) is 6.98. The van der Waals surface area contributed by atoms with E-state index in [4.69, 9.17) is 10.5 Å². The van der Waals surface area contributed by atoms with E-state index in [1.54, 1.807) is 0 Å². The van der Waals surface area contributed by atoms with Gasteiger partial charge >= 0.3 is 0 Å². The van der Waals surface area contributed by atoms with Crippen LogP contribution in [-0.2, 0) is 28.0 Å². The number of aromatic nitrogens is 2. The zero-order valence-corrected chi connectivity index (χ0v) is 16.7. The lowest BCUT2D eigenvalue weighted by atomic mass is 9.83. The number of carbonyl (C=O) groups is 1. The van der Waals surface area contributed by atoms with Gasteiger partial charge < -0.3 is 15.4 Å². The zero-order chi connectivity index (χ0) is 17.3. The number of benzene rings is 1. The van der Waals surface area contributed by atoms with Gasteiger partial charge in [0.2, 0.25) is 5.91 Å². The molecule has 3 heterocycles. The Hall–Kier alpha value is -1.60. The highest BCUT2D eigenvalue weighted by Crippen LogP contribution is 2.40. The molecule has 6 nitrogen and oxygen atoms in total. The van der Waals surface area contributed by atoms with Gasteiger partial charge in [-0.1, -0.05) is 30.3 Å². The third-order valence-corrected chi connectivity index (χ3v) is 5.42. The number of piperidine rings is 1. The van der Waals surface area contributed by atoms with Crippen LogP contribution in [0.5, 0.6) is 0 Å². The van der Waals surface area contributed by atoms with Gasteiger partial charge in [0.05, 0.1) is 24.5 Å². The van der Waals surface area contributed by atoms with E-state index in [0.717, 1.165) is 30.5 Å². The molecule has 1 aromatic carbocycles. The highest BCUT2D eigenvalue weighted by atomic mass is 35.5. The number of likely N-dealkylation sites (tertiary alicyclic amines) is 1. The van der Waals surface area contributed by atoms with Crippen LogP contribution in [0.1, 0.15) is 29.7 Å². The molecule has 1 fully saturated rings. The molecule has 148 valence electrons. The number of hydrogen-bond acceptors (Lipinski definition) is 4. The van der Waals surface area contributed by atoms with Crippen LogP contribution in [0.15, 0.2) is 36.5 Å². The van der Waals surface area contributed by atoms with Gasteiger partial charge in [-0.05, 0) is 36.8 Å². The first-order valence-corrected chi connectivity index (χ1v) is 8.93. The van der Waals surface area contributed by atoms with Gasteiger partial charge in [-0.15, -0.1) is 24.8 Å². The molecule has 8 heteroatoms. The second kappa shape index (κ2) is 9.06. The van der Waals surface area contributed by atoms with Crippen molar-refractivity contribution >= 4 is 30.7 Å². The van der Waals surface area contributed by atoms with Crippen molar-refractivity contribution in [1.82, 2.24) is 15.1 Å². The molecular weight excluding hydrogens is 387 g/mol. The molecule has 4 rings (SSSR count). The predicted octanol–water partition coefficient (Wildman–Crippen LogP) is 2.21. The van der Waals surface area contributed by atoms with Crippen molar-refractivity contribution < 1.29 is 9.53 Å². The van der Waals surface area contributed by atoms with Gasteiger partial charge in [0.15, 0.2) is 0 Å². The Morgan fingerprint density at radius 3 is 2.67 bits per heavy atom. The Labute approximate surface area is 171 Å². The van der Waals surface area contributed by atoms with Crippen LogP contribution < -0.4 is 5.73 Å². The molecule has 0 bridgehead atoms. The van der Waals surface area contributed by atoms with Crippen molar-refractivity contribution in [1.29, 1.82) is 0 Å². The maximum Gasteiger partial charge on any atom is 0.239 e. The Balaban J connectivity index is 0.00000131. The molecule has 1 spiro atoms. The Kier molecular flexibility index (Phi) is 7.28. The molecule has 3 N–H and O–H groups in total. The molecule has 2 aromatic rings. The molecule has 1 atom stereocenters. The topological polar surface area (TPSA) is 84.2 Å². The van der Waals surface area contributed by atoms with Crippen LogP contribution in [0.2, 0.25) is 0 Å². The van der Waals surface area contributed by atoms with Crippen molar-refractivity contribution in [2.24, 2.45) is 5.73 Å². The summed E-state index contributed by atoms with van der Waals surface area (Å²) in [6, 6.07) is 9.43. The lowest BCUT2D eigenvalue weighted by Crippen LogP contribution is -2.52. The Morgan fingerprint density at radius 1 is 1.26 bits per heavy atom. The number of carbonyl (C=O) groups excluding carboxylic acids is 1. The predicted molar refractivity (Wildman–Crippen MR) is 108 cm³/mol. The molecule has 1 aromatic heterocycles. The molecule has 0 unspecified atom stereocenters. The number of hydrogen-bond donors (Lipinski definition) is 2. The number of nitrogens with zero attached hydrogens (tertiary/aromatic N) is 2. The van der Waals surface area contributed by atoms with Crippen molar-refractivity contribution in [3.8, 4) is 0 Å². The molecule has 0 saturated carbocycles. The summed E-state index contributed by atoms with van der Waals surface area (Å²) in [5.41, 5.74) is 9.29. The third kappa shape index (κ3) is 4.29. The zero-order valence-electron chi connectivity index (χ0n) is 15.1. The maximum absolute atomic E-state index is 12.7. The van der Waals surface area contributed by atoms with Crippen LogP contribution >= 0.6 is 24.8 Å². The number of nitrogens with one attached hydrogen (secondary N) is 1. The van der Waals surface area contributed by atoms with Gasteiger partial charge in [0.25, 0.3) is 0 Å². The summed E-state index contributed by atoms with van der Waals surface area (Å²) in [5.74, 6) is 0.0272. The molecule has 27 heavy (non-hydrogen) atoms. The lowest BCUT2D eigenvalue weighted by Gasteiger charge is -2.43. The van der Waals surface area contributed by atoms with Crippen molar-refractivity contribution in [3.05, 3.63) is 53.3 Å². The Morgan fingerprint density at radius 2 is 1.96 bits per heavy atom. The highest BCUT2D eigenvalue weighted by molar-refractivity contribution is 5.85. The number of H-pyrrole nitrogens is 1. The number of aromatic amines is 1. The number of halogens is 2. The highest BCUT2D eigenvalue weighted by Gasteiger charge is 2.43. The average molecular weight is 413 g/mol. The summed E-state index contributed by atoms with van der Waals surface area (Å²) in [6.07, 6.45) is 4.94. The average Bonchev–Trinajstić information content (AvgIpc) is 3.13. The first-order valence-electron chi connectivity index (χ1n) is 8.93. The van der Waals surface area contributed by atoms with Crippen LogP contribution in [0, 0.1) is 0 Å². The minimum atomic E-state index is -0.494. The van der Waals surface area contributed by atoms with Gasteiger partial charge in [0.1, 0.15) is 5.60 Å². The minimum Gasteiger partial charge on any atom is -0.368 e. The van der Waals surface area contributed by atoms with Gasteiger partial charge in [0, 0.05) is 13.1 Å². The number of amides is 1. The van der Waals surface area contributed by atoms with Gasteiger partial charge in [-0.3, -0.25) is 9.89 Å². The monoisotopic (exact) mass is 412 g/mol. The molecule has 2 aliphatic heterocycles. The maximum atomic E-state index is 12.7. The molecule has 1 saturated heterocycles. The normalized spacial score (nSPS) is 18.8. The van der Waals surface area contributed by atoms with Crippen LogP contribution in [0.25, 0.3) is 0 Å². The molecule has 0 aliphatic carbocycles. The van der Waals surface area contributed by atoms with E-state index >= 15 is 0 Å². The van der Waals surface area contributed by atoms with E-state index in [-0.39, 0.29) is 36.3 Å². The number of fused-ring (bicyclic) bond motifs is 2. The fraction of sp³-hybridized carbons (Fsp3) is 0.474.